The second kappa shape index (κ2) is 9.87. The van der Waals surface area contributed by atoms with Crippen molar-refractivity contribution < 1.29 is 0 Å². The number of anilines is 1. The summed E-state index contributed by atoms with van der Waals surface area (Å²) in [6, 6.07) is 10.5. The minimum absolute atomic E-state index is 0.0284. The molecule has 0 aliphatic heterocycles. The lowest BCUT2D eigenvalue weighted by molar-refractivity contribution is 0.626. The number of hydrogen-bond acceptors (Lipinski definition) is 4. The van der Waals surface area contributed by atoms with Gasteiger partial charge < -0.3 is 4.90 Å². The van der Waals surface area contributed by atoms with Gasteiger partial charge in [0.25, 0.3) is 5.56 Å². The lowest BCUT2D eigenvalue weighted by atomic mass is 10.1. The molecule has 1 N–H and O–H groups in total. The first-order chi connectivity index (χ1) is 13.6. The Morgan fingerprint density at radius 3 is 2.25 bits per heavy atom. The predicted molar refractivity (Wildman–Crippen MR) is 122 cm³/mol. The van der Waals surface area contributed by atoms with Gasteiger partial charge in [0.2, 0.25) is 5.95 Å². The van der Waals surface area contributed by atoms with Crippen molar-refractivity contribution in [3.63, 3.8) is 0 Å². The Morgan fingerprint density at radius 2 is 1.64 bits per heavy atom. The van der Waals surface area contributed by atoms with E-state index in [0.717, 1.165) is 47.8 Å². The van der Waals surface area contributed by atoms with E-state index in [0.29, 0.717) is 4.70 Å². The molecule has 0 saturated carbocycles. The fourth-order valence-corrected chi connectivity index (χ4v) is 4.36. The van der Waals surface area contributed by atoms with Crippen LogP contribution in [-0.2, 0) is 0 Å². The second-order valence-electron chi connectivity index (χ2n) is 7.48. The molecule has 150 valence electrons. The molecule has 5 heteroatoms. The standard InChI is InChI=1S/C23H31N3OS/c1-4-6-8-14-26(15-9-7-5-2)23-24-19-16-20(28-21(19)22(27)25-23)18-12-10-17(3)11-13-18/h10-13,16H,4-9,14-15H2,1-3H3,(H,24,25,27). The highest BCUT2D eigenvalue weighted by molar-refractivity contribution is 7.22. The lowest BCUT2D eigenvalue weighted by Crippen LogP contribution is -2.29. The molecule has 3 aromatic rings. The van der Waals surface area contributed by atoms with E-state index in [1.54, 1.807) is 0 Å². The Kier molecular flexibility index (Phi) is 7.26. The van der Waals surface area contributed by atoms with Gasteiger partial charge in [-0.3, -0.25) is 9.78 Å². The zero-order valence-electron chi connectivity index (χ0n) is 17.3. The number of H-pyrrole nitrogens is 1. The number of benzene rings is 1. The SMILES string of the molecule is CCCCCN(CCCCC)c1nc2cc(-c3ccc(C)cc3)sc2c(=O)[nH]1. The molecule has 1 aromatic carbocycles. The number of rotatable bonds is 10. The number of nitrogens with one attached hydrogen (secondary N) is 1. The van der Waals surface area contributed by atoms with Gasteiger partial charge in [0.15, 0.2) is 0 Å². The highest BCUT2D eigenvalue weighted by Crippen LogP contribution is 2.31. The number of fused-ring (bicyclic) bond motifs is 1. The average molecular weight is 398 g/mol. The third kappa shape index (κ3) is 5.02. The molecule has 0 aliphatic rings. The maximum absolute atomic E-state index is 12.8. The Labute approximate surface area is 171 Å². The zero-order chi connectivity index (χ0) is 19.9. The Bertz CT molecular complexity index is 933. The molecule has 0 saturated heterocycles. The molecule has 0 unspecified atom stereocenters. The van der Waals surface area contributed by atoms with E-state index in [9.17, 15) is 4.79 Å². The van der Waals surface area contributed by atoms with E-state index in [-0.39, 0.29) is 5.56 Å². The molecule has 2 aromatic heterocycles. The van der Waals surface area contributed by atoms with E-state index >= 15 is 0 Å². The van der Waals surface area contributed by atoms with Crippen LogP contribution in [0, 0.1) is 6.92 Å². The number of aromatic nitrogens is 2. The van der Waals surface area contributed by atoms with Crippen molar-refractivity contribution in [2.75, 3.05) is 18.0 Å². The lowest BCUT2D eigenvalue weighted by Gasteiger charge is -2.23. The van der Waals surface area contributed by atoms with Crippen molar-refractivity contribution in [3.05, 3.63) is 46.2 Å². The Balaban J connectivity index is 1.91. The number of thiophene rings is 1. The van der Waals surface area contributed by atoms with E-state index < -0.39 is 0 Å². The van der Waals surface area contributed by atoms with Crippen molar-refractivity contribution in [2.45, 2.75) is 59.3 Å². The highest BCUT2D eigenvalue weighted by Gasteiger charge is 2.14. The smallest absolute Gasteiger partial charge is 0.270 e. The molecule has 28 heavy (non-hydrogen) atoms. The summed E-state index contributed by atoms with van der Waals surface area (Å²) in [6.45, 7) is 8.40. The van der Waals surface area contributed by atoms with Crippen molar-refractivity contribution in [1.82, 2.24) is 9.97 Å². The summed E-state index contributed by atoms with van der Waals surface area (Å²) in [4.78, 5) is 24.0. The number of hydrogen-bond donors (Lipinski definition) is 1. The molecular weight excluding hydrogens is 366 g/mol. The third-order valence-corrected chi connectivity index (χ3v) is 6.24. The molecule has 4 nitrogen and oxygen atoms in total. The van der Waals surface area contributed by atoms with Crippen LogP contribution in [0.5, 0.6) is 0 Å². The quantitative estimate of drug-likeness (QED) is 0.418. The fraction of sp³-hybridized carbons (Fsp3) is 0.478. The maximum atomic E-state index is 12.8. The molecule has 3 rings (SSSR count). The molecule has 0 atom stereocenters. The zero-order valence-corrected chi connectivity index (χ0v) is 18.1. The van der Waals surface area contributed by atoms with Crippen LogP contribution >= 0.6 is 11.3 Å². The van der Waals surface area contributed by atoms with Crippen LogP contribution in [-0.4, -0.2) is 23.1 Å². The average Bonchev–Trinajstić information content (AvgIpc) is 3.12. The molecular formula is C23H31N3OS. The van der Waals surface area contributed by atoms with Gasteiger partial charge in [-0.25, -0.2) is 4.98 Å². The molecule has 0 amide bonds. The minimum atomic E-state index is -0.0284. The number of nitrogens with zero attached hydrogens (tertiary/aromatic N) is 2. The first-order valence-corrected chi connectivity index (χ1v) is 11.3. The van der Waals surface area contributed by atoms with Gasteiger partial charge in [-0.05, 0) is 31.4 Å². The first-order valence-electron chi connectivity index (χ1n) is 10.5. The van der Waals surface area contributed by atoms with Gasteiger partial charge in [0, 0.05) is 18.0 Å². The maximum Gasteiger partial charge on any atom is 0.270 e. The summed E-state index contributed by atoms with van der Waals surface area (Å²) in [7, 11) is 0. The van der Waals surface area contributed by atoms with Gasteiger partial charge >= 0.3 is 0 Å². The van der Waals surface area contributed by atoms with Gasteiger partial charge in [-0.15, -0.1) is 11.3 Å². The number of aromatic amines is 1. The van der Waals surface area contributed by atoms with Gasteiger partial charge in [-0.2, -0.15) is 0 Å². The summed E-state index contributed by atoms with van der Waals surface area (Å²) in [6.07, 6.45) is 7.04. The van der Waals surface area contributed by atoms with E-state index in [1.807, 2.05) is 0 Å². The third-order valence-electron chi connectivity index (χ3n) is 5.07. The largest absolute Gasteiger partial charge is 0.342 e. The van der Waals surface area contributed by atoms with Gasteiger partial charge in [0.05, 0.1) is 5.52 Å². The van der Waals surface area contributed by atoms with Crippen molar-refractivity contribution >= 4 is 27.5 Å². The van der Waals surface area contributed by atoms with Crippen LogP contribution in [0.25, 0.3) is 20.7 Å². The van der Waals surface area contributed by atoms with E-state index in [2.05, 4.69) is 61.0 Å². The van der Waals surface area contributed by atoms with Crippen LogP contribution in [0.15, 0.2) is 35.1 Å². The molecule has 0 spiro atoms. The van der Waals surface area contributed by atoms with Crippen LogP contribution in [0.3, 0.4) is 0 Å². The highest BCUT2D eigenvalue weighted by atomic mass is 32.1. The fourth-order valence-electron chi connectivity index (χ4n) is 3.37. The van der Waals surface area contributed by atoms with E-state index in [4.69, 9.17) is 4.98 Å². The van der Waals surface area contributed by atoms with Crippen molar-refractivity contribution in [2.24, 2.45) is 0 Å². The van der Waals surface area contributed by atoms with Crippen LogP contribution in [0.4, 0.5) is 5.95 Å². The van der Waals surface area contributed by atoms with Gasteiger partial charge in [0.1, 0.15) is 4.70 Å². The summed E-state index contributed by atoms with van der Waals surface area (Å²) in [5.41, 5.74) is 3.14. The normalized spacial score (nSPS) is 11.2. The topological polar surface area (TPSA) is 49.0 Å². The van der Waals surface area contributed by atoms with Crippen molar-refractivity contribution in [3.8, 4) is 10.4 Å². The Hall–Kier alpha value is -2.14. The molecule has 0 fully saturated rings. The summed E-state index contributed by atoms with van der Waals surface area (Å²) in [5, 5.41) is 0. The second-order valence-corrected chi connectivity index (χ2v) is 8.53. The molecule has 2 heterocycles. The first kappa shape index (κ1) is 20.6. The number of aryl methyl sites for hydroxylation is 1. The van der Waals surface area contributed by atoms with Crippen LogP contribution < -0.4 is 10.5 Å². The Morgan fingerprint density at radius 1 is 1.00 bits per heavy atom. The van der Waals surface area contributed by atoms with Crippen LogP contribution in [0.2, 0.25) is 0 Å². The molecule has 0 bridgehead atoms. The monoisotopic (exact) mass is 397 g/mol. The molecule has 0 aliphatic carbocycles. The minimum Gasteiger partial charge on any atom is -0.342 e. The molecule has 0 radical (unpaired) electrons. The summed E-state index contributed by atoms with van der Waals surface area (Å²) < 4.78 is 0.710. The predicted octanol–water partition coefficient (Wildman–Crippen LogP) is 6.15. The van der Waals surface area contributed by atoms with Crippen molar-refractivity contribution in [1.29, 1.82) is 0 Å². The van der Waals surface area contributed by atoms with Crippen LogP contribution in [0.1, 0.15) is 57.9 Å². The van der Waals surface area contributed by atoms with E-state index in [1.165, 1.54) is 42.6 Å². The van der Waals surface area contributed by atoms with Gasteiger partial charge in [-0.1, -0.05) is 69.4 Å². The number of unbranched alkanes of at least 4 members (excludes halogenated alkanes) is 4. The summed E-state index contributed by atoms with van der Waals surface area (Å²) in [5.74, 6) is 0.720. The summed E-state index contributed by atoms with van der Waals surface area (Å²) >= 11 is 1.52.